The number of hydrogen-bond acceptors (Lipinski definition) is 3. The van der Waals surface area contributed by atoms with Gasteiger partial charge in [0.15, 0.2) is 0 Å². The fraction of sp³-hybridized carbons (Fsp3) is 0.235. The van der Waals surface area contributed by atoms with E-state index in [1.165, 1.54) is 0 Å². The maximum Gasteiger partial charge on any atom is 0.241 e. The lowest BCUT2D eigenvalue weighted by atomic mass is 10.1. The molecule has 122 valence electrons. The standard InChI is InChI=1S/C17H20N2O3S/c1-12-8-9-13(2)16(10-12)23(21,22)19-15(17(18)20)11-14-6-4-3-5-7-14/h3-10,15,19H,11H2,1-2H3,(H2,18,20)/t15-/m0/s1. The molecule has 2 aromatic rings. The SMILES string of the molecule is Cc1ccc(C)c(S(=O)(=O)N[C@@H](Cc2ccccc2)C(N)=O)c1. The quantitative estimate of drug-likeness (QED) is 0.843. The van der Waals surface area contributed by atoms with Gasteiger partial charge >= 0.3 is 0 Å². The molecule has 6 heteroatoms. The van der Waals surface area contributed by atoms with Crippen molar-refractivity contribution < 1.29 is 13.2 Å². The van der Waals surface area contributed by atoms with Crippen LogP contribution in [0.5, 0.6) is 0 Å². The van der Waals surface area contributed by atoms with Gasteiger partial charge in [0.05, 0.1) is 4.90 Å². The predicted molar refractivity (Wildman–Crippen MR) is 89.4 cm³/mol. The summed E-state index contributed by atoms with van der Waals surface area (Å²) in [5.74, 6) is -0.706. The first-order valence-electron chi connectivity index (χ1n) is 7.22. The highest BCUT2D eigenvalue weighted by molar-refractivity contribution is 7.89. The van der Waals surface area contributed by atoms with Crippen LogP contribution in [0.25, 0.3) is 0 Å². The van der Waals surface area contributed by atoms with Gasteiger partial charge in [0, 0.05) is 0 Å². The first kappa shape index (κ1) is 17.2. The third-order valence-electron chi connectivity index (χ3n) is 3.56. The van der Waals surface area contributed by atoms with Gasteiger partial charge in [0.25, 0.3) is 0 Å². The van der Waals surface area contributed by atoms with Crippen molar-refractivity contribution in [3.8, 4) is 0 Å². The van der Waals surface area contributed by atoms with Crippen LogP contribution in [0.2, 0.25) is 0 Å². The van der Waals surface area contributed by atoms with Crippen LogP contribution in [0.4, 0.5) is 0 Å². The van der Waals surface area contributed by atoms with Crippen molar-refractivity contribution in [1.82, 2.24) is 4.72 Å². The van der Waals surface area contributed by atoms with Gasteiger partial charge < -0.3 is 5.73 Å². The molecule has 0 aliphatic heterocycles. The Morgan fingerprint density at radius 2 is 1.78 bits per heavy atom. The summed E-state index contributed by atoms with van der Waals surface area (Å²) in [6, 6.07) is 13.3. The van der Waals surface area contributed by atoms with Gasteiger partial charge in [-0.3, -0.25) is 4.79 Å². The molecule has 1 amide bonds. The molecule has 0 fully saturated rings. The van der Waals surface area contributed by atoms with Crippen LogP contribution >= 0.6 is 0 Å². The van der Waals surface area contributed by atoms with E-state index in [4.69, 9.17) is 5.73 Å². The molecule has 0 saturated heterocycles. The van der Waals surface area contributed by atoms with Crippen LogP contribution < -0.4 is 10.5 Å². The number of nitrogens with one attached hydrogen (secondary N) is 1. The highest BCUT2D eigenvalue weighted by Gasteiger charge is 2.25. The Bertz CT molecular complexity index is 802. The molecule has 0 radical (unpaired) electrons. The van der Waals surface area contributed by atoms with Crippen molar-refractivity contribution in [2.24, 2.45) is 5.73 Å². The average Bonchev–Trinajstić information content (AvgIpc) is 2.49. The van der Waals surface area contributed by atoms with Gasteiger partial charge in [-0.25, -0.2) is 8.42 Å². The summed E-state index contributed by atoms with van der Waals surface area (Å²) in [5, 5.41) is 0. The van der Waals surface area contributed by atoms with E-state index in [2.05, 4.69) is 4.72 Å². The molecule has 0 aliphatic rings. The van der Waals surface area contributed by atoms with E-state index < -0.39 is 22.0 Å². The van der Waals surface area contributed by atoms with E-state index in [0.717, 1.165) is 11.1 Å². The van der Waals surface area contributed by atoms with Gasteiger partial charge in [-0.2, -0.15) is 4.72 Å². The molecule has 2 aromatic carbocycles. The second kappa shape index (κ2) is 6.93. The second-order valence-corrected chi connectivity index (χ2v) is 7.22. The van der Waals surface area contributed by atoms with Crippen molar-refractivity contribution in [2.75, 3.05) is 0 Å². The molecule has 0 unspecified atom stereocenters. The lowest BCUT2D eigenvalue weighted by Crippen LogP contribution is -2.45. The molecular formula is C17H20N2O3S. The third-order valence-corrected chi connectivity index (χ3v) is 5.17. The minimum Gasteiger partial charge on any atom is -0.368 e. The van der Waals surface area contributed by atoms with Gasteiger partial charge in [0.1, 0.15) is 6.04 Å². The van der Waals surface area contributed by atoms with Gasteiger partial charge in [0.2, 0.25) is 15.9 Å². The Morgan fingerprint density at radius 1 is 1.13 bits per heavy atom. The van der Waals surface area contributed by atoms with Crippen molar-refractivity contribution in [1.29, 1.82) is 0 Å². The number of sulfonamides is 1. The van der Waals surface area contributed by atoms with Gasteiger partial charge in [-0.15, -0.1) is 0 Å². The number of aryl methyl sites for hydroxylation is 2. The number of carbonyl (C=O) groups excluding carboxylic acids is 1. The van der Waals surface area contributed by atoms with Crippen molar-refractivity contribution >= 4 is 15.9 Å². The zero-order valence-electron chi connectivity index (χ0n) is 13.1. The highest BCUT2D eigenvalue weighted by atomic mass is 32.2. The van der Waals surface area contributed by atoms with Crippen molar-refractivity contribution in [3.63, 3.8) is 0 Å². The topological polar surface area (TPSA) is 89.3 Å². The number of carbonyl (C=O) groups is 1. The Balaban J connectivity index is 2.28. The molecule has 5 nitrogen and oxygen atoms in total. The summed E-state index contributed by atoms with van der Waals surface area (Å²) in [6.07, 6.45) is 0.209. The normalized spacial score (nSPS) is 12.8. The highest BCUT2D eigenvalue weighted by Crippen LogP contribution is 2.17. The van der Waals surface area contributed by atoms with Crippen LogP contribution in [-0.4, -0.2) is 20.4 Å². The number of amides is 1. The molecule has 23 heavy (non-hydrogen) atoms. The van der Waals surface area contributed by atoms with Crippen molar-refractivity contribution in [2.45, 2.75) is 31.2 Å². The summed E-state index contributed by atoms with van der Waals surface area (Å²) < 4.78 is 27.6. The molecule has 0 bridgehead atoms. The van der Waals surface area contributed by atoms with Crippen LogP contribution in [0.1, 0.15) is 16.7 Å². The molecule has 0 aromatic heterocycles. The lowest BCUT2D eigenvalue weighted by Gasteiger charge is -2.17. The van der Waals surface area contributed by atoms with E-state index in [-0.39, 0.29) is 11.3 Å². The Morgan fingerprint density at radius 3 is 2.39 bits per heavy atom. The summed E-state index contributed by atoms with van der Waals surface area (Å²) >= 11 is 0. The maximum atomic E-state index is 12.6. The molecule has 0 saturated carbocycles. The first-order chi connectivity index (χ1) is 10.8. The first-order valence-corrected chi connectivity index (χ1v) is 8.71. The predicted octanol–water partition coefficient (Wildman–Crippen LogP) is 1.68. The van der Waals surface area contributed by atoms with Crippen LogP contribution in [0, 0.1) is 13.8 Å². The average molecular weight is 332 g/mol. The monoisotopic (exact) mass is 332 g/mol. The molecule has 3 N–H and O–H groups in total. The molecule has 0 heterocycles. The third kappa shape index (κ3) is 4.40. The van der Waals surface area contributed by atoms with Crippen LogP contribution in [0.15, 0.2) is 53.4 Å². The summed E-state index contributed by atoms with van der Waals surface area (Å²) in [4.78, 5) is 11.8. The summed E-state index contributed by atoms with van der Waals surface area (Å²) in [7, 11) is -3.83. The molecule has 0 spiro atoms. The largest absolute Gasteiger partial charge is 0.368 e. The number of rotatable bonds is 6. The van der Waals surface area contributed by atoms with E-state index in [1.54, 1.807) is 19.1 Å². The fourth-order valence-corrected chi connectivity index (χ4v) is 3.83. The minimum absolute atomic E-state index is 0.164. The summed E-state index contributed by atoms with van der Waals surface area (Å²) in [6.45, 7) is 3.53. The number of benzene rings is 2. The molecule has 2 rings (SSSR count). The van der Waals surface area contributed by atoms with Crippen molar-refractivity contribution in [3.05, 3.63) is 65.2 Å². The maximum absolute atomic E-state index is 12.6. The van der Waals surface area contributed by atoms with E-state index >= 15 is 0 Å². The fourth-order valence-electron chi connectivity index (χ4n) is 2.30. The van der Waals surface area contributed by atoms with Crippen LogP contribution in [0.3, 0.4) is 0 Å². The lowest BCUT2D eigenvalue weighted by molar-refractivity contribution is -0.119. The smallest absolute Gasteiger partial charge is 0.241 e. The molecular weight excluding hydrogens is 312 g/mol. The molecule has 1 atom stereocenters. The summed E-state index contributed by atoms with van der Waals surface area (Å²) in [5.41, 5.74) is 7.65. The number of hydrogen-bond donors (Lipinski definition) is 2. The van der Waals surface area contributed by atoms with Crippen LogP contribution in [-0.2, 0) is 21.2 Å². The zero-order valence-corrected chi connectivity index (χ0v) is 13.9. The second-order valence-electron chi connectivity index (χ2n) is 5.53. The minimum atomic E-state index is -3.83. The Kier molecular flexibility index (Phi) is 5.18. The Labute approximate surface area is 136 Å². The van der Waals surface area contributed by atoms with Gasteiger partial charge in [-0.1, -0.05) is 42.5 Å². The Hall–Kier alpha value is -2.18. The number of nitrogens with two attached hydrogens (primary N) is 1. The van der Waals surface area contributed by atoms with E-state index in [9.17, 15) is 13.2 Å². The van der Waals surface area contributed by atoms with E-state index in [1.807, 2.05) is 43.3 Å². The van der Waals surface area contributed by atoms with E-state index in [0.29, 0.717) is 5.56 Å². The number of primary amides is 1. The zero-order chi connectivity index (χ0) is 17.0. The van der Waals surface area contributed by atoms with Gasteiger partial charge in [-0.05, 0) is 43.0 Å². The molecule has 0 aliphatic carbocycles.